The summed E-state index contributed by atoms with van der Waals surface area (Å²) in [6, 6.07) is 0.631. The van der Waals surface area contributed by atoms with Crippen LogP contribution in [0, 0.1) is 0 Å². The third-order valence-corrected chi connectivity index (χ3v) is 2.53. The molecule has 0 heterocycles. The fourth-order valence-corrected chi connectivity index (χ4v) is 1.18. The maximum atomic E-state index is 8.58. The fourth-order valence-electron chi connectivity index (χ4n) is 1.18. The molecular weight excluding hydrogens is 176 g/mol. The first-order chi connectivity index (χ1) is 6.68. The third kappa shape index (κ3) is 8.48. The highest BCUT2D eigenvalue weighted by atomic mass is 16.2. The molecule has 0 atom stereocenters. The van der Waals surface area contributed by atoms with Gasteiger partial charge in [0.15, 0.2) is 0 Å². The minimum atomic E-state index is 0.329. The topological polar surface area (TPSA) is 35.5 Å². The van der Waals surface area contributed by atoms with E-state index >= 15 is 0 Å². The lowest BCUT2D eigenvalue weighted by Crippen LogP contribution is -2.34. The molecule has 0 aliphatic heterocycles. The number of aliphatic hydroxyl groups is 1. The summed E-state index contributed by atoms with van der Waals surface area (Å²) in [4.78, 5) is 2.33. The second-order valence-corrected chi connectivity index (χ2v) is 4.11. The van der Waals surface area contributed by atoms with Crippen molar-refractivity contribution in [2.24, 2.45) is 0 Å². The molecule has 0 fully saturated rings. The van der Waals surface area contributed by atoms with Gasteiger partial charge in [0.2, 0.25) is 0 Å². The number of rotatable bonds is 9. The fraction of sp³-hybridized carbons (Fsp3) is 1.00. The second-order valence-electron chi connectivity index (χ2n) is 4.11. The molecule has 0 spiro atoms. The van der Waals surface area contributed by atoms with Gasteiger partial charge in [-0.15, -0.1) is 0 Å². The summed E-state index contributed by atoms with van der Waals surface area (Å²) in [5.74, 6) is 0. The normalized spacial score (nSPS) is 11.6. The molecule has 86 valence electrons. The van der Waals surface area contributed by atoms with Gasteiger partial charge in [-0.2, -0.15) is 0 Å². The minimum absolute atomic E-state index is 0.329. The van der Waals surface area contributed by atoms with Crippen LogP contribution >= 0.6 is 0 Å². The molecule has 0 aliphatic rings. The molecule has 0 unspecified atom stereocenters. The van der Waals surface area contributed by atoms with Gasteiger partial charge in [-0.25, -0.2) is 0 Å². The van der Waals surface area contributed by atoms with E-state index in [1.807, 2.05) is 0 Å². The van der Waals surface area contributed by atoms with Crippen molar-refractivity contribution >= 4 is 0 Å². The van der Waals surface area contributed by atoms with Crippen LogP contribution in [0.5, 0.6) is 0 Å². The number of hydrogen-bond donors (Lipinski definition) is 2. The maximum Gasteiger partial charge on any atom is 0.0431 e. The van der Waals surface area contributed by atoms with Gasteiger partial charge in [-0.1, -0.05) is 0 Å². The summed E-state index contributed by atoms with van der Waals surface area (Å²) in [7, 11) is 2.15. The number of aliphatic hydroxyl groups excluding tert-OH is 1. The first kappa shape index (κ1) is 13.9. The molecule has 14 heavy (non-hydrogen) atoms. The Hall–Kier alpha value is -0.120. The number of likely N-dealkylation sites (N-methyl/N-ethyl adjacent to an activating group) is 1. The van der Waals surface area contributed by atoms with E-state index < -0.39 is 0 Å². The van der Waals surface area contributed by atoms with Crippen molar-refractivity contribution in [3.63, 3.8) is 0 Å². The molecule has 0 radical (unpaired) electrons. The van der Waals surface area contributed by atoms with Crippen molar-refractivity contribution in [3.8, 4) is 0 Å². The van der Waals surface area contributed by atoms with Gasteiger partial charge < -0.3 is 15.3 Å². The maximum absolute atomic E-state index is 8.58. The molecule has 0 saturated heterocycles. The van der Waals surface area contributed by atoms with Crippen molar-refractivity contribution < 1.29 is 5.11 Å². The van der Waals surface area contributed by atoms with Crippen molar-refractivity contribution in [1.29, 1.82) is 0 Å². The molecule has 0 saturated carbocycles. The van der Waals surface area contributed by atoms with Crippen LogP contribution in [0.25, 0.3) is 0 Å². The summed E-state index contributed by atoms with van der Waals surface area (Å²) < 4.78 is 0. The molecule has 0 aromatic carbocycles. The summed E-state index contributed by atoms with van der Waals surface area (Å²) >= 11 is 0. The van der Waals surface area contributed by atoms with Crippen LogP contribution in [0.4, 0.5) is 0 Å². The Morgan fingerprint density at radius 3 is 2.43 bits per heavy atom. The number of unbranched alkanes of at least 4 members (excludes halogenated alkanes) is 2. The van der Waals surface area contributed by atoms with E-state index in [1.54, 1.807) is 0 Å². The van der Waals surface area contributed by atoms with Gasteiger partial charge >= 0.3 is 0 Å². The third-order valence-electron chi connectivity index (χ3n) is 2.53. The molecule has 3 heteroatoms. The smallest absolute Gasteiger partial charge is 0.0431 e. The average molecular weight is 202 g/mol. The summed E-state index contributed by atoms with van der Waals surface area (Å²) in [5, 5.41) is 12.0. The van der Waals surface area contributed by atoms with E-state index in [0.29, 0.717) is 12.6 Å². The average Bonchev–Trinajstić information content (AvgIpc) is 2.16. The van der Waals surface area contributed by atoms with Crippen LogP contribution in [0.2, 0.25) is 0 Å². The van der Waals surface area contributed by atoms with E-state index in [-0.39, 0.29) is 0 Å². The van der Waals surface area contributed by atoms with Gasteiger partial charge in [0.05, 0.1) is 0 Å². The van der Waals surface area contributed by atoms with Crippen molar-refractivity contribution in [3.05, 3.63) is 0 Å². The number of nitrogens with zero attached hydrogens (tertiary/aromatic N) is 1. The minimum Gasteiger partial charge on any atom is -0.396 e. The van der Waals surface area contributed by atoms with E-state index in [9.17, 15) is 0 Å². The molecule has 0 aromatic rings. The van der Waals surface area contributed by atoms with Gasteiger partial charge in [0, 0.05) is 25.7 Å². The first-order valence-electron chi connectivity index (χ1n) is 5.70. The largest absolute Gasteiger partial charge is 0.396 e. The zero-order valence-corrected chi connectivity index (χ0v) is 9.92. The highest BCUT2D eigenvalue weighted by Gasteiger charge is 2.00. The molecule has 2 N–H and O–H groups in total. The Kier molecular flexibility index (Phi) is 9.35. The van der Waals surface area contributed by atoms with Crippen LogP contribution in [-0.4, -0.2) is 49.3 Å². The molecule has 0 rings (SSSR count). The molecule has 0 aromatic heterocycles. The van der Waals surface area contributed by atoms with E-state index in [1.165, 1.54) is 6.42 Å². The van der Waals surface area contributed by atoms with E-state index in [4.69, 9.17) is 5.11 Å². The Bertz CT molecular complexity index is 118. The SMILES string of the molecule is CC(C)N(C)CCNCCCCCO. The van der Waals surface area contributed by atoms with Crippen LogP contribution in [-0.2, 0) is 0 Å². The van der Waals surface area contributed by atoms with Gasteiger partial charge in [0.25, 0.3) is 0 Å². The Morgan fingerprint density at radius 2 is 1.86 bits per heavy atom. The predicted molar refractivity (Wildman–Crippen MR) is 61.6 cm³/mol. The lowest BCUT2D eigenvalue weighted by atomic mass is 10.2. The van der Waals surface area contributed by atoms with Crippen molar-refractivity contribution in [2.45, 2.75) is 39.2 Å². The van der Waals surface area contributed by atoms with Crippen molar-refractivity contribution in [2.75, 3.05) is 33.3 Å². The Morgan fingerprint density at radius 1 is 1.14 bits per heavy atom. The molecular formula is C11H26N2O. The summed E-state index contributed by atoms with van der Waals surface area (Å²) in [6.07, 6.45) is 3.24. The molecule has 3 nitrogen and oxygen atoms in total. The standard InChI is InChI=1S/C11H26N2O/c1-11(2)13(3)9-8-12-7-5-4-6-10-14/h11-12,14H,4-10H2,1-3H3. The van der Waals surface area contributed by atoms with Crippen LogP contribution in [0.1, 0.15) is 33.1 Å². The summed E-state index contributed by atoms with van der Waals surface area (Å²) in [6.45, 7) is 8.00. The molecule has 0 amide bonds. The van der Waals surface area contributed by atoms with Crippen LogP contribution in [0.3, 0.4) is 0 Å². The lowest BCUT2D eigenvalue weighted by molar-refractivity contribution is 0.271. The quantitative estimate of drug-likeness (QED) is 0.549. The highest BCUT2D eigenvalue weighted by Crippen LogP contribution is 1.93. The van der Waals surface area contributed by atoms with E-state index in [0.717, 1.165) is 32.5 Å². The zero-order valence-electron chi connectivity index (χ0n) is 9.92. The van der Waals surface area contributed by atoms with Crippen LogP contribution in [0.15, 0.2) is 0 Å². The number of hydrogen-bond acceptors (Lipinski definition) is 3. The van der Waals surface area contributed by atoms with Gasteiger partial charge in [0.1, 0.15) is 0 Å². The monoisotopic (exact) mass is 202 g/mol. The Balaban J connectivity index is 3.06. The van der Waals surface area contributed by atoms with Crippen LogP contribution < -0.4 is 5.32 Å². The first-order valence-corrected chi connectivity index (χ1v) is 5.70. The van der Waals surface area contributed by atoms with Gasteiger partial charge in [-0.05, 0) is 46.7 Å². The Labute approximate surface area is 88.5 Å². The predicted octanol–water partition coefficient (Wildman–Crippen LogP) is 1.08. The second kappa shape index (κ2) is 9.44. The molecule has 0 aliphatic carbocycles. The summed E-state index contributed by atoms with van der Waals surface area (Å²) in [5.41, 5.74) is 0. The van der Waals surface area contributed by atoms with Gasteiger partial charge in [-0.3, -0.25) is 0 Å². The number of nitrogens with one attached hydrogen (secondary N) is 1. The zero-order chi connectivity index (χ0) is 10.8. The van der Waals surface area contributed by atoms with E-state index in [2.05, 4.69) is 31.1 Å². The lowest BCUT2D eigenvalue weighted by Gasteiger charge is -2.20. The highest BCUT2D eigenvalue weighted by molar-refractivity contribution is 4.58. The van der Waals surface area contributed by atoms with Crippen molar-refractivity contribution in [1.82, 2.24) is 10.2 Å². The molecule has 0 bridgehead atoms.